The number of H-pyrrole nitrogens is 1. The number of carboxylic acid groups (broad SMARTS) is 1. The topological polar surface area (TPSA) is 344 Å². The molecule has 0 saturated carbocycles. The van der Waals surface area contributed by atoms with Crippen LogP contribution in [0.3, 0.4) is 0 Å². The van der Waals surface area contributed by atoms with Crippen LogP contribution in [-0.4, -0.2) is 146 Å². The van der Waals surface area contributed by atoms with E-state index in [1.54, 1.807) is 44.2 Å². The first-order chi connectivity index (χ1) is 47.5. The zero-order valence-electron chi connectivity index (χ0n) is 57.5. The Morgan fingerprint density at radius 1 is 0.480 bits per heavy atom. The number of anilines is 1. The molecule has 13 aromatic rings. The molecular weight excluding hydrogens is 1370 g/mol. The lowest BCUT2D eigenvalue weighted by molar-refractivity contribution is 0.0516. The monoisotopic (exact) mass is 1440 g/mol. The molecule has 13 rings (SSSR count). The molecule has 12 heterocycles. The first-order valence-electron chi connectivity index (χ1n) is 31.1. The standard InChI is InChI=1S/C21H21ClN6O.C16H18ClN5O2.C14H14ClN5O2.C10H10ClN3O2.C6H10N2O/c1-12-5-7-15(8-6-12)24-21(29)17-10-23-20-18(19(17)22)14(3)26-28(20)11-16-9-13(2)25-27(16)4;1-5-24-16(23)12-7-18-15-13(14(12)17)10(3)20-22(15)8-11-6-9(2)19-21(11)4;1-7-4-9(19(3)17-7)6-20-13-11(8(2)18-20)12(15)10(5-16-13)14(21)22;1-3-16-10(15)6-4-12-9-7(8(6)11)5(2)13-14-9;1-5-3-6(4-9)8(2)7-5/h5-10H,11H2,1-4H3,(H,24,29);6-7H,5,8H2,1-4H3;4-5H,6H2,1-3H3,(H,21,22);4H,3H2,1-2H3,(H,12,13,14);3,9H,4H2,1-2H3. The molecule has 0 saturated heterocycles. The minimum absolute atomic E-state index is 0.0202. The Bertz CT molecular complexity index is 5210. The Labute approximate surface area is 593 Å². The zero-order chi connectivity index (χ0) is 72.7. The summed E-state index contributed by atoms with van der Waals surface area (Å²) >= 11 is 25.4. The van der Waals surface area contributed by atoms with Crippen LogP contribution in [0.1, 0.15) is 129 Å². The Morgan fingerprint density at radius 2 is 0.830 bits per heavy atom. The summed E-state index contributed by atoms with van der Waals surface area (Å²) in [7, 11) is 7.47. The lowest BCUT2D eigenvalue weighted by atomic mass is 10.2. The predicted molar refractivity (Wildman–Crippen MR) is 378 cm³/mol. The molecular formula is C67H73Cl4N21O8. The van der Waals surface area contributed by atoms with Gasteiger partial charge in [0.25, 0.3) is 5.91 Å². The molecule has 0 fully saturated rings. The van der Waals surface area contributed by atoms with E-state index in [0.29, 0.717) is 108 Å². The van der Waals surface area contributed by atoms with Crippen molar-refractivity contribution in [1.29, 1.82) is 0 Å². The van der Waals surface area contributed by atoms with Crippen LogP contribution >= 0.6 is 46.4 Å². The summed E-state index contributed by atoms with van der Waals surface area (Å²) in [5, 5.41) is 61.7. The summed E-state index contributed by atoms with van der Waals surface area (Å²) in [6, 6.07) is 15.4. The van der Waals surface area contributed by atoms with Crippen LogP contribution < -0.4 is 5.32 Å². The highest BCUT2D eigenvalue weighted by Crippen LogP contribution is 2.33. The van der Waals surface area contributed by atoms with E-state index in [0.717, 1.165) is 62.5 Å². The minimum Gasteiger partial charge on any atom is -0.478 e. The number of ether oxygens (including phenoxy) is 2. The Hall–Kier alpha value is -10.5. The number of halogens is 4. The molecule has 1 amide bonds. The van der Waals surface area contributed by atoms with Gasteiger partial charge in [-0.05, 0) is 113 Å². The number of rotatable bonds is 14. The molecule has 33 heteroatoms. The van der Waals surface area contributed by atoms with Gasteiger partial charge in [0.1, 0.15) is 0 Å². The van der Waals surface area contributed by atoms with E-state index in [2.05, 4.69) is 71.1 Å². The molecule has 29 nitrogen and oxygen atoms in total. The number of nitrogens with one attached hydrogen (secondary N) is 2. The smallest absolute Gasteiger partial charge is 0.341 e. The second-order valence-electron chi connectivity index (χ2n) is 23.1. The highest BCUT2D eigenvalue weighted by molar-refractivity contribution is 6.40. The van der Waals surface area contributed by atoms with E-state index in [4.69, 9.17) is 66.1 Å². The van der Waals surface area contributed by atoms with Gasteiger partial charge in [-0.25, -0.2) is 48.4 Å². The molecule has 0 unspecified atom stereocenters. The maximum absolute atomic E-state index is 12.7. The largest absolute Gasteiger partial charge is 0.478 e. The molecule has 0 atom stereocenters. The van der Waals surface area contributed by atoms with E-state index in [9.17, 15) is 19.2 Å². The fourth-order valence-electron chi connectivity index (χ4n) is 10.8. The van der Waals surface area contributed by atoms with Crippen LogP contribution in [0, 0.1) is 62.3 Å². The Balaban J connectivity index is 0.000000151. The number of fused-ring (bicyclic) bond motifs is 4. The van der Waals surface area contributed by atoms with Gasteiger partial charge in [0.2, 0.25) is 0 Å². The van der Waals surface area contributed by atoms with Crippen molar-refractivity contribution in [1.82, 2.24) is 98.6 Å². The van der Waals surface area contributed by atoms with Gasteiger partial charge in [-0.3, -0.25) is 28.6 Å². The maximum Gasteiger partial charge on any atom is 0.341 e. The van der Waals surface area contributed by atoms with Gasteiger partial charge in [0.05, 0.1) is 166 Å². The van der Waals surface area contributed by atoms with Crippen molar-refractivity contribution in [3.8, 4) is 0 Å². The van der Waals surface area contributed by atoms with Crippen molar-refractivity contribution in [2.45, 2.75) is 102 Å². The molecule has 0 bridgehead atoms. The molecule has 0 aliphatic carbocycles. The van der Waals surface area contributed by atoms with Gasteiger partial charge in [-0.1, -0.05) is 64.1 Å². The minimum atomic E-state index is -1.10. The Kier molecular flexibility index (Phi) is 23.3. The average molecular weight is 1440 g/mol. The summed E-state index contributed by atoms with van der Waals surface area (Å²) in [4.78, 5) is 64.6. The number of aromatic amines is 1. The van der Waals surface area contributed by atoms with Crippen molar-refractivity contribution in [2.75, 3.05) is 18.5 Å². The van der Waals surface area contributed by atoms with Crippen LogP contribution in [0.5, 0.6) is 0 Å². The normalized spacial score (nSPS) is 11.0. The number of aromatic carboxylic acids is 1. The molecule has 0 spiro atoms. The van der Waals surface area contributed by atoms with Crippen molar-refractivity contribution in [2.24, 2.45) is 28.2 Å². The highest BCUT2D eigenvalue weighted by atomic mass is 35.5. The molecule has 0 aliphatic heterocycles. The number of carbonyl (C=O) groups excluding carboxylic acids is 3. The molecule has 100 heavy (non-hydrogen) atoms. The van der Waals surface area contributed by atoms with E-state index >= 15 is 0 Å². The van der Waals surface area contributed by atoms with E-state index < -0.39 is 17.9 Å². The summed E-state index contributed by atoms with van der Waals surface area (Å²) in [5.74, 6) is -2.36. The van der Waals surface area contributed by atoms with E-state index in [-0.39, 0.29) is 40.8 Å². The molecule has 0 radical (unpaired) electrons. The second kappa shape index (κ2) is 31.6. The number of hydrogen-bond donors (Lipinski definition) is 4. The third-order valence-corrected chi connectivity index (χ3v) is 17.2. The van der Waals surface area contributed by atoms with Gasteiger partial charge in [0, 0.05) is 64.4 Å². The number of aryl methyl sites for hydroxylation is 13. The number of carboxylic acids is 1. The first kappa shape index (κ1) is 73.8. The number of amides is 1. The lowest BCUT2D eigenvalue weighted by Gasteiger charge is -2.08. The number of benzene rings is 1. The summed E-state index contributed by atoms with van der Waals surface area (Å²) in [6.45, 7) is 22.7. The quantitative estimate of drug-likeness (QED) is 0.0735. The molecule has 0 aliphatic rings. The summed E-state index contributed by atoms with van der Waals surface area (Å²) in [6.07, 6.45) is 5.58. The highest BCUT2D eigenvalue weighted by Gasteiger charge is 2.25. The number of hydrogen-bond acceptors (Lipinski definition) is 19. The van der Waals surface area contributed by atoms with Crippen LogP contribution in [-0.2, 0) is 63.9 Å². The average Bonchev–Trinajstić information content (AvgIpc) is 1.57. The van der Waals surface area contributed by atoms with Crippen LogP contribution in [0.4, 0.5) is 5.69 Å². The van der Waals surface area contributed by atoms with Gasteiger partial charge in [-0.2, -0.15) is 40.8 Å². The van der Waals surface area contributed by atoms with Crippen molar-refractivity contribution < 1.29 is 38.9 Å². The fourth-order valence-corrected chi connectivity index (χ4v) is 12.2. The third-order valence-electron chi connectivity index (χ3n) is 15.6. The second-order valence-corrected chi connectivity index (χ2v) is 24.7. The van der Waals surface area contributed by atoms with Gasteiger partial charge in [0.15, 0.2) is 22.6 Å². The van der Waals surface area contributed by atoms with Gasteiger partial charge >= 0.3 is 17.9 Å². The lowest BCUT2D eigenvalue weighted by Crippen LogP contribution is -2.13. The van der Waals surface area contributed by atoms with Gasteiger partial charge in [-0.15, -0.1) is 0 Å². The maximum atomic E-state index is 12.7. The van der Waals surface area contributed by atoms with Gasteiger partial charge < -0.3 is 25.0 Å². The van der Waals surface area contributed by atoms with Crippen LogP contribution in [0.15, 0.2) is 73.3 Å². The van der Waals surface area contributed by atoms with Crippen molar-refractivity contribution in [3.63, 3.8) is 0 Å². The third kappa shape index (κ3) is 16.3. The number of aliphatic hydroxyl groups excluding tert-OH is 1. The summed E-state index contributed by atoms with van der Waals surface area (Å²) in [5.41, 5.74) is 15.4. The van der Waals surface area contributed by atoms with Crippen LogP contribution in [0.2, 0.25) is 20.1 Å². The van der Waals surface area contributed by atoms with E-state index in [1.165, 1.54) is 24.8 Å². The summed E-state index contributed by atoms with van der Waals surface area (Å²) < 4.78 is 22.2. The molecule has 4 N–H and O–H groups in total. The SMILES string of the molecule is CCOC(=O)c1cnc2c(c(C)nn2Cc2cc(C)nn2C)c1Cl.CCOC(=O)c1cnc2n[nH]c(C)c2c1Cl.Cc1cc(CO)n(C)n1.Cc1cc(Cn2nc(C)c3c(Cl)c(C(=O)O)cnc32)n(C)n1.Cc1ccc(NC(=O)c2cnc3c(c(C)nn3Cc3cc(C)nn3C)c2Cl)cc1. The predicted octanol–water partition coefficient (Wildman–Crippen LogP) is 11.2. The number of pyridine rings is 4. The number of esters is 2. The zero-order valence-corrected chi connectivity index (χ0v) is 60.5. The first-order valence-corrected chi connectivity index (χ1v) is 32.6. The molecule has 522 valence electrons. The van der Waals surface area contributed by atoms with Crippen molar-refractivity contribution >= 4 is 120 Å². The molecule has 12 aromatic heterocycles. The fraction of sp³-hybridized carbons (Fsp3) is 0.313. The Morgan fingerprint density at radius 3 is 1.19 bits per heavy atom. The molecule has 1 aromatic carbocycles. The van der Waals surface area contributed by atoms with E-state index in [1.807, 2.05) is 141 Å². The van der Waals surface area contributed by atoms with Crippen molar-refractivity contribution in [3.05, 3.63) is 190 Å². The number of nitrogens with zero attached hydrogens (tertiary/aromatic N) is 19. The van der Waals surface area contributed by atoms with Crippen LogP contribution in [0.25, 0.3) is 44.1 Å². The number of carbonyl (C=O) groups is 4. The number of aromatic nitrogens is 20. The number of aliphatic hydroxyl groups is 1.